The maximum atomic E-state index is 11.0. The van der Waals surface area contributed by atoms with Crippen LogP contribution in [0.25, 0.3) is 0 Å². The zero-order chi connectivity index (χ0) is 11.4. The predicted molar refractivity (Wildman–Crippen MR) is 58.9 cm³/mol. The van der Waals surface area contributed by atoms with Gasteiger partial charge in [-0.2, -0.15) is 0 Å². The zero-order valence-corrected chi connectivity index (χ0v) is 9.06. The van der Waals surface area contributed by atoms with E-state index in [2.05, 4.69) is 9.88 Å². The zero-order valence-electron chi connectivity index (χ0n) is 9.06. The summed E-state index contributed by atoms with van der Waals surface area (Å²) in [7, 11) is 0. The predicted octanol–water partition coefficient (Wildman–Crippen LogP) is 0.0127. The molecular weight excluding hydrogens is 206 g/mol. The number of amides is 1. The van der Waals surface area contributed by atoms with Gasteiger partial charge in [0.1, 0.15) is 0 Å². The fourth-order valence-electron chi connectivity index (χ4n) is 1.73. The first-order valence-electron chi connectivity index (χ1n) is 5.29. The Morgan fingerprint density at radius 3 is 2.88 bits per heavy atom. The number of nitrogens with two attached hydrogens (primary N) is 1. The van der Waals surface area contributed by atoms with E-state index in [0.717, 1.165) is 38.4 Å². The highest BCUT2D eigenvalue weighted by atomic mass is 16.5. The quantitative estimate of drug-likeness (QED) is 0.780. The van der Waals surface area contributed by atoms with Crippen molar-refractivity contribution in [3.63, 3.8) is 0 Å². The van der Waals surface area contributed by atoms with Crippen molar-refractivity contribution in [1.82, 2.24) is 9.88 Å². The Bertz CT molecular complexity index is 375. The van der Waals surface area contributed by atoms with Gasteiger partial charge in [-0.25, -0.2) is 0 Å². The molecule has 0 spiro atoms. The average molecular weight is 221 g/mol. The molecule has 16 heavy (non-hydrogen) atoms. The molecule has 1 aliphatic rings. The van der Waals surface area contributed by atoms with E-state index in [1.807, 2.05) is 0 Å². The highest BCUT2D eigenvalue weighted by Crippen LogP contribution is 2.07. The second-order valence-corrected chi connectivity index (χ2v) is 3.83. The molecule has 86 valence electrons. The van der Waals surface area contributed by atoms with Gasteiger partial charge in [0.05, 0.1) is 18.8 Å². The van der Waals surface area contributed by atoms with Crippen molar-refractivity contribution >= 4 is 5.91 Å². The molecule has 0 aromatic carbocycles. The van der Waals surface area contributed by atoms with Gasteiger partial charge in [-0.15, -0.1) is 0 Å². The Labute approximate surface area is 94.2 Å². The molecule has 5 nitrogen and oxygen atoms in total. The van der Waals surface area contributed by atoms with E-state index >= 15 is 0 Å². The molecule has 2 rings (SSSR count). The smallest absolute Gasteiger partial charge is 0.250 e. The second-order valence-electron chi connectivity index (χ2n) is 3.83. The SMILES string of the molecule is NC(=O)c1cncc(CN2CCOCC2)c1. The molecule has 2 N–H and O–H groups in total. The molecular formula is C11H15N3O2. The molecule has 0 bridgehead atoms. The molecule has 5 heteroatoms. The molecule has 1 aromatic rings. The topological polar surface area (TPSA) is 68.5 Å². The molecule has 1 aliphatic heterocycles. The first kappa shape index (κ1) is 11.0. The molecule has 0 aliphatic carbocycles. The summed E-state index contributed by atoms with van der Waals surface area (Å²) in [4.78, 5) is 17.3. The van der Waals surface area contributed by atoms with Crippen LogP contribution in [-0.2, 0) is 11.3 Å². The van der Waals surface area contributed by atoms with Crippen molar-refractivity contribution in [2.75, 3.05) is 26.3 Å². The summed E-state index contributed by atoms with van der Waals surface area (Å²) in [5.41, 5.74) is 6.68. The van der Waals surface area contributed by atoms with Crippen LogP contribution in [-0.4, -0.2) is 42.1 Å². The number of pyridine rings is 1. The van der Waals surface area contributed by atoms with Crippen molar-refractivity contribution in [3.05, 3.63) is 29.6 Å². The van der Waals surface area contributed by atoms with Gasteiger partial charge in [0, 0.05) is 32.0 Å². The van der Waals surface area contributed by atoms with Crippen molar-refractivity contribution in [3.8, 4) is 0 Å². The number of aromatic nitrogens is 1. The lowest BCUT2D eigenvalue weighted by Crippen LogP contribution is -2.35. The van der Waals surface area contributed by atoms with E-state index < -0.39 is 5.91 Å². The fraction of sp³-hybridized carbons (Fsp3) is 0.455. The van der Waals surface area contributed by atoms with E-state index in [4.69, 9.17) is 10.5 Å². The lowest BCUT2D eigenvalue weighted by Gasteiger charge is -2.26. The Hall–Kier alpha value is -1.46. The van der Waals surface area contributed by atoms with Crippen LogP contribution in [0.2, 0.25) is 0 Å². The summed E-state index contributed by atoms with van der Waals surface area (Å²) in [5.74, 6) is -0.434. The third-order valence-corrected chi connectivity index (χ3v) is 2.59. The number of hydrogen-bond donors (Lipinski definition) is 1. The van der Waals surface area contributed by atoms with Crippen molar-refractivity contribution in [2.45, 2.75) is 6.54 Å². The highest BCUT2D eigenvalue weighted by molar-refractivity contribution is 5.92. The number of primary amides is 1. The van der Waals surface area contributed by atoms with E-state index in [1.165, 1.54) is 6.20 Å². The van der Waals surface area contributed by atoms with Gasteiger partial charge in [-0.05, 0) is 11.6 Å². The van der Waals surface area contributed by atoms with Crippen LogP contribution in [0.4, 0.5) is 0 Å². The lowest BCUT2D eigenvalue weighted by atomic mass is 10.2. The molecule has 1 amide bonds. The largest absolute Gasteiger partial charge is 0.379 e. The number of carbonyl (C=O) groups excluding carboxylic acids is 1. The molecule has 0 radical (unpaired) electrons. The fourth-order valence-corrected chi connectivity index (χ4v) is 1.73. The Morgan fingerprint density at radius 2 is 2.19 bits per heavy atom. The van der Waals surface area contributed by atoms with E-state index in [-0.39, 0.29) is 0 Å². The summed E-state index contributed by atoms with van der Waals surface area (Å²) < 4.78 is 5.27. The van der Waals surface area contributed by atoms with Crippen LogP contribution in [0, 0.1) is 0 Å². The summed E-state index contributed by atoms with van der Waals surface area (Å²) in [6.07, 6.45) is 3.26. The maximum absolute atomic E-state index is 11.0. The standard InChI is InChI=1S/C11H15N3O2/c12-11(15)10-5-9(6-13-7-10)8-14-1-3-16-4-2-14/h5-7H,1-4,8H2,(H2,12,15). The van der Waals surface area contributed by atoms with Crippen LogP contribution in [0.3, 0.4) is 0 Å². The first-order chi connectivity index (χ1) is 7.75. The molecule has 1 saturated heterocycles. The first-order valence-corrected chi connectivity index (χ1v) is 5.29. The summed E-state index contributed by atoms with van der Waals surface area (Å²) in [6, 6.07) is 1.80. The number of nitrogens with zero attached hydrogens (tertiary/aromatic N) is 2. The van der Waals surface area contributed by atoms with Gasteiger partial charge in [-0.1, -0.05) is 0 Å². The summed E-state index contributed by atoms with van der Waals surface area (Å²) >= 11 is 0. The number of morpholine rings is 1. The van der Waals surface area contributed by atoms with Crippen molar-refractivity contribution in [2.24, 2.45) is 5.73 Å². The lowest BCUT2D eigenvalue weighted by molar-refractivity contribution is 0.0341. The van der Waals surface area contributed by atoms with Crippen LogP contribution in [0.15, 0.2) is 18.5 Å². The molecule has 0 atom stereocenters. The van der Waals surface area contributed by atoms with Crippen molar-refractivity contribution < 1.29 is 9.53 Å². The third-order valence-electron chi connectivity index (χ3n) is 2.59. The monoisotopic (exact) mass is 221 g/mol. The third kappa shape index (κ3) is 2.77. The Morgan fingerprint density at radius 1 is 1.44 bits per heavy atom. The number of ether oxygens (including phenoxy) is 1. The number of rotatable bonds is 3. The normalized spacial score (nSPS) is 17.2. The number of carbonyl (C=O) groups is 1. The van der Waals surface area contributed by atoms with Crippen molar-refractivity contribution in [1.29, 1.82) is 0 Å². The van der Waals surface area contributed by atoms with E-state index in [0.29, 0.717) is 5.56 Å². The van der Waals surface area contributed by atoms with Gasteiger partial charge in [-0.3, -0.25) is 14.7 Å². The van der Waals surface area contributed by atoms with Gasteiger partial charge in [0.25, 0.3) is 0 Å². The van der Waals surface area contributed by atoms with Crippen LogP contribution in [0.5, 0.6) is 0 Å². The minimum Gasteiger partial charge on any atom is -0.379 e. The van der Waals surface area contributed by atoms with Crippen LogP contribution >= 0.6 is 0 Å². The van der Waals surface area contributed by atoms with Gasteiger partial charge < -0.3 is 10.5 Å². The summed E-state index contributed by atoms with van der Waals surface area (Å²) in [5, 5.41) is 0. The van der Waals surface area contributed by atoms with Crippen LogP contribution < -0.4 is 5.73 Å². The molecule has 0 saturated carbocycles. The Kier molecular flexibility index (Phi) is 3.48. The molecule has 0 unspecified atom stereocenters. The van der Waals surface area contributed by atoms with Gasteiger partial charge in [0.15, 0.2) is 0 Å². The maximum Gasteiger partial charge on any atom is 0.250 e. The minimum absolute atomic E-state index is 0.434. The van der Waals surface area contributed by atoms with Gasteiger partial charge in [0.2, 0.25) is 5.91 Å². The molecule has 1 aromatic heterocycles. The van der Waals surface area contributed by atoms with E-state index in [9.17, 15) is 4.79 Å². The number of hydrogen-bond acceptors (Lipinski definition) is 4. The highest BCUT2D eigenvalue weighted by Gasteiger charge is 2.11. The minimum atomic E-state index is -0.434. The molecule has 1 fully saturated rings. The average Bonchev–Trinajstić information content (AvgIpc) is 2.30. The van der Waals surface area contributed by atoms with Crippen LogP contribution in [0.1, 0.15) is 15.9 Å². The second kappa shape index (κ2) is 5.05. The summed E-state index contributed by atoms with van der Waals surface area (Å²) in [6.45, 7) is 4.16. The molecule has 2 heterocycles. The van der Waals surface area contributed by atoms with E-state index in [1.54, 1.807) is 12.3 Å². The van der Waals surface area contributed by atoms with Gasteiger partial charge >= 0.3 is 0 Å². The Balaban J connectivity index is 2.02.